The highest BCUT2D eigenvalue weighted by Crippen LogP contribution is 2.23. The molecule has 1 aromatic heterocycles. The first-order valence-electron chi connectivity index (χ1n) is 4.79. The van der Waals surface area contributed by atoms with Gasteiger partial charge in [-0.2, -0.15) is 0 Å². The smallest absolute Gasteiger partial charge is 0.310 e. The van der Waals surface area contributed by atoms with E-state index in [1.807, 2.05) is 0 Å². The minimum absolute atomic E-state index is 0.0202. The van der Waals surface area contributed by atoms with Crippen LogP contribution < -0.4 is 11.3 Å². The SMILES string of the molecule is COC(=O)Cc1c(C(F)F)c[nH]c(=O)c1CN. The van der Waals surface area contributed by atoms with E-state index in [-0.39, 0.29) is 17.7 Å². The first-order chi connectivity index (χ1) is 8.01. The molecule has 17 heavy (non-hydrogen) atoms. The van der Waals surface area contributed by atoms with Crippen molar-refractivity contribution in [3.8, 4) is 0 Å². The summed E-state index contributed by atoms with van der Waals surface area (Å²) in [5, 5.41) is 0. The van der Waals surface area contributed by atoms with E-state index in [1.54, 1.807) is 0 Å². The monoisotopic (exact) mass is 246 g/mol. The molecular formula is C10H12F2N2O3. The maximum atomic E-state index is 12.7. The zero-order chi connectivity index (χ0) is 13.0. The van der Waals surface area contributed by atoms with Crippen LogP contribution in [-0.2, 0) is 22.5 Å². The van der Waals surface area contributed by atoms with E-state index in [2.05, 4.69) is 9.72 Å². The van der Waals surface area contributed by atoms with Crippen LogP contribution in [0.15, 0.2) is 11.0 Å². The zero-order valence-electron chi connectivity index (χ0n) is 9.13. The number of ether oxygens (including phenoxy) is 1. The number of halogens is 2. The van der Waals surface area contributed by atoms with Gasteiger partial charge in [-0.3, -0.25) is 9.59 Å². The van der Waals surface area contributed by atoms with Crippen molar-refractivity contribution in [3.05, 3.63) is 33.2 Å². The average Bonchev–Trinajstić information content (AvgIpc) is 2.28. The number of alkyl halides is 2. The van der Waals surface area contributed by atoms with Gasteiger partial charge in [0, 0.05) is 23.9 Å². The number of esters is 1. The summed E-state index contributed by atoms with van der Waals surface area (Å²) in [4.78, 5) is 24.7. The van der Waals surface area contributed by atoms with Crippen molar-refractivity contribution in [1.29, 1.82) is 0 Å². The number of carbonyl (C=O) groups is 1. The fraction of sp³-hybridized carbons (Fsp3) is 0.400. The van der Waals surface area contributed by atoms with Crippen molar-refractivity contribution in [1.82, 2.24) is 4.98 Å². The van der Waals surface area contributed by atoms with Crippen molar-refractivity contribution >= 4 is 5.97 Å². The van der Waals surface area contributed by atoms with Gasteiger partial charge in [0.25, 0.3) is 12.0 Å². The van der Waals surface area contributed by atoms with Crippen molar-refractivity contribution < 1.29 is 18.3 Å². The number of carbonyl (C=O) groups excluding carboxylic acids is 1. The predicted molar refractivity (Wildman–Crippen MR) is 55.6 cm³/mol. The largest absolute Gasteiger partial charge is 0.469 e. The lowest BCUT2D eigenvalue weighted by Crippen LogP contribution is -2.22. The van der Waals surface area contributed by atoms with Crippen molar-refractivity contribution in [2.45, 2.75) is 19.4 Å². The maximum Gasteiger partial charge on any atom is 0.310 e. The third-order valence-electron chi connectivity index (χ3n) is 2.33. The molecule has 0 saturated heterocycles. The lowest BCUT2D eigenvalue weighted by atomic mass is 10.0. The van der Waals surface area contributed by atoms with Crippen LogP contribution >= 0.6 is 0 Å². The quantitative estimate of drug-likeness (QED) is 0.757. The molecule has 0 unspecified atom stereocenters. The zero-order valence-corrected chi connectivity index (χ0v) is 9.13. The summed E-state index contributed by atoms with van der Waals surface area (Å²) in [6, 6.07) is 0. The molecule has 0 spiro atoms. The van der Waals surface area contributed by atoms with Crippen molar-refractivity contribution in [3.63, 3.8) is 0 Å². The van der Waals surface area contributed by atoms with Gasteiger partial charge in [0.15, 0.2) is 0 Å². The molecule has 0 bridgehead atoms. The van der Waals surface area contributed by atoms with E-state index in [1.165, 1.54) is 0 Å². The Labute approximate surface area is 95.6 Å². The van der Waals surface area contributed by atoms with E-state index < -0.39 is 29.9 Å². The lowest BCUT2D eigenvalue weighted by Gasteiger charge is -2.11. The Kier molecular flexibility index (Phi) is 4.33. The molecule has 0 aliphatic heterocycles. The number of nitrogens with two attached hydrogens (primary N) is 1. The minimum Gasteiger partial charge on any atom is -0.469 e. The minimum atomic E-state index is -2.79. The van der Waals surface area contributed by atoms with Gasteiger partial charge >= 0.3 is 5.97 Å². The second kappa shape index (κ2) is 5.53. The highest BCUT2D eigenvalue weighted by atomic mass is 19.3. The van der Waals surface area contributed by atoms with Crippen LogP contribution in [-0.4, -0.2) is 18.1 Å². The predicted octanol–water partition coefficient (Wildman–Crippen LogP) is 0.487. The first kappa shape index (κ1) is 13.3. The Hall–Kier alpha value is -1.76. The topological polar surface area (TPSA) is 85.2 Å². The van der Waals surface area contributed by atoms with E-state index in [0.717, 1.165) is 13.3 Å². The summed E-state index contributed by atoms with van der Waals surface area (Å²) in [5.41, 5.74) is 4.26. The number of nitrogens with one attached hydrogen (secondary N) is 1. The maximum absolute atomic E-state index is 12.7. The molecule has 5 nitrogen and oxygen atoms in total. The Bertz CT molecular complexity index is 471. The number of aromatic nitrogens is 1. The van der Waals surface area contributed by atoms with E-state index in [9.17, 15) is 18.4 Å². The van der Waals surface area contributed by atoms with Gasteiger partial charge < -0.3 is 15.5 Å². The average molecular weight is 246 g/mol. The molecule has 3 N–H and O–H groups in total. The van der Waals surface area contributed by atoms with Crippen LogP contribution in [0, 0.1) is 0 Å². The number of rotatable bonds is 4. The van der Waals surface area contributed by atoms with Gasteiger partial charge in [-0.1, -0.05) is 0 Å². The van der Waals surface area contributed by atoms with Crippen LogP contribution in [0.5, 0.6) is 0 Å². The number of hydrogen-bond acceptors (Lipinski definition) is 4. The molecular weight excluding hydrogens is 234 g/mol. The third kappa shape index (κ3) is 2.88. The molecule has 1 rings (SSSR count). The van der Waals surface area contributed by atoms with Crippen LogP contribution in [0.1, 0.15) is 23.1 Å². The van der Waals surface area contributed by atoms with Crippen molar-refractivity contribution in [2.75, 3.05) is 7.11 Å². The highest BCUT2D eigenvalue weighted by Gasteiger charge is 2.20. The van der Waals surface area contributed by atoms with Crippen molar-refractivity contribution in [2.24, 2.45) is 5.73 Å². The standard InChI is InChI=1S/C10H12F2N2O3/c1-17-8(15)2-5-6(3-13)10(16)14-4-7(5)9(11)12/h4,9H,2-3,13H2,1H3,(H,14,16). The molecule has 94 valence electrons. The molecule has 0 aliphatic rings. The first-order valence-corrected chi connectivity index (χ1v) is 4.79. The summed E-state index contributed by atoms with van der Waals surface area (Å²) in [6.45, 7) is -0.220. The molecule has 1 aromatic rings. The highest BCUT2D eigenvalue weighted by molar-refractivity contribution is 5.73. The van der Waals surface area contributed by atoms with Gasteiger partial charge in [-0.05, 0) is 5.56 Å². The Morgan fingerprint density at radius 2 is 2.18 bits per heavy atom. The molecule has 0 fully saturated rings. The fourth-order valence-electron chi connectivity index (χ4n) is 1.46. The number of H-pyrrole nitrogens is 1. The van der Waals surface area contributed by atoms with Gasteiger partial charge in [0.1, 0.15) is 0 Å². The molecule has 1 heterocycles. The summed E-state index contributed by atoms with van der Waals surface area (Å²) < 4.78 is 29.8. The normalized spacial score (nSPS) is 10.6. The second-order valence-electron chi connectivity index (χ2n) is 3.29. The van der Waals surface area contributed by atoms with E-state index in [0.29, 0.717) is 0 Å². The summed E-state index contributed by atoms with van der Waals surface area (Å²) in [7, 11) is 1.14. The van der Waals surface area contributed by atoms with Crippen LogP contribution in [0.25, 0.3) is 0 Å². The summed E-state index contributed by atoms with van der Waals surface area (Å²) in [6.07, 6.45) is -2.30. The molecule has 0 atom stereocenters. The summed E-state index contributed by atoms with van der Waals surface area (Å²) in [5.74, 6) is -0.702. The third-order valence-corrected chi connectivity index (χ3v) is 2.33. The second-order valence-corrected chi connectivity index (χ2v) is 3.29. The van der Waals surface area contributed by atoms with Gasteiger partial charge in [-0.15, -0.1) is 0 Å². The van der Waals surface area contributed by atoms with Gasteiger partial charge in [0.05, 0.1) is 13.5 Å². The number of hydrogen-bond donors (Lipinski definition) is 2. The molecule has 0 aromatic carbocycles. The molecule has 0 radical (unpaired) electrons. The van der Waals surface area contributed by atoms with Gasteiger partial charge in [-0.25, -0.2) is 8.78 Å². The molecule has 0 saturated carbocycles. The van der Waals surface area contributed by atoms with Gasteiger partial charge in [0.2, 0.25) is 0 Å². The number of methoxy groups -OCH3 is 1. The van der Waals surface area contributed by atoms with E-state index in [4.69, 9.17) is 5.73 Å². The number of aromatic amines is 1. The van der Waals surface area contributed by atoms with Crippen LogP contribution in [0.2, 0.25) is 0 Å². The Morgan fingerprint density at radius 3 is 2.65 bits per heavy atom. The molecule has 7 heteroatoms. The molecule has 0 aliphatic carbocycles. The summed E-state index contributed by atoms with van der Waals surface area (Å²) >= 11 is 0. The Balaban J connectivity index is 3.33. The van der Waals surface area contributed by atoms with E-state index >= 15 is 0 Å². The molecule has 0 amide bonds. The fourth-order valence-corrected chi connectivity index (χ4v) is 1.46. The van der Waals surface area contributed by atoms with Crippen LogP contribution in [0.4, 0.5) is 8.78 Å². The Morgan fingerprint density at radius 1 is 1.53 bits per heavy atom. The number of pyridine rings is 1. The van der Waals surface area contributed by atoms with Crippen LogP contribution in [0.3, 0.4) is 0 Å². The lowest BCUT2D eigenvalue weighted by molar-refractivity contribution is -0.139.